The lowest BCUT2D eigenvalue weighted by Crippen LogP contribution is -2.44. The van der Waals surface area contributed by atoms with Crippen molar-refractivity contribution in [2.45, 2.75) is 52.1 Å². The molecule has 2 atom stereocenters. The largest absolute Gasteiger partial charge is 0.466 e. The van der Waals surface area contributed by atoms with Crippen LogP contribution in [0.25, 0.3) is 0 Å². The van der Waals surface area contributed by atoms with Gasteiger partial charge in [0.1, 0.15) is 11.5 Å². The Morgan fingerprint density at radius 2 is 2.40 bits per heavy atom. The van der Waals surface area contributed by atoms with Crippen LogP contribution in [0.4, 0.5) is 0 Å². The molecule has 0 radical (unpaired) electrons. The summed E-state index contributed by atoms with van der Waals surface area (Å²) in [6, 6.07) is 1.47. The Labute approximate surface area is 120 Å². The van der Waals surface area contributed by atoms with Crippen molar-refractivity contribution in [2.75, 3.05) is 0 Å². The van der Waals surface area contributed by atoms with Gasteiger partial charge < -0.3 is 15.5 Å². The number of rotatable bonds is 4. The molecule has 0 aromatic carbocycles. The Hall–Kier alpha value is -1.55. The summed E-state index contributed by atoms with van der Waals surface area (Å²) in [4.78, 5) is 12.1. The first-order chi connectivity index (χ1) is 9.32. The number of nitrogens with one attached hydrogen (secondary N) is 1. The van der Waals surface area contributed by atoms with Crippen molar-refractivity contribution in [3.05, 3.63) is 35.8 Å². The molecule has 4 nitrogen and oxygen atoms in total. The monoisotopic (exact) mass is 276 g/mol. The summed E-state index contributed by atoms with van der Waals surface area (Å²) in [6.45, 7) is 9.94. The van der Waals surface area contributed by atoms with Crippen LogP contribution in [-0.4, -0.2) is 11.9 Å². The van der Waals surface area contributed by atoms with Crippen molar-refractivity contribution in [2.24, 2.45) is 11.1 Å². The van der Waals surface area contributed by atoms with Gasteiger partial charge >= 0.3 is 0 Å². The number of nitrogens with two attached hydrogens (primary N) is 1. The Morgan fingerprint density at radius 1 is 1.70 bits per heavy atom. The molecule has 0 aliphatic heterocycles. The van der Waals surface area contributed by atoms with Crippen molar-refractivity contribution < 1.29 is 9.21 Å². The van der Waals surface area contributed by atoms with Crippen LogP contribution in [0.15, 0.2) is 23.1 Å². The van der Waals surface area contributed by atoms with Crippen molar-refractivity contribution in [1.29, 1.82) is 0 Å². The van der Waals surface area contributed by atoms with Crippen molar-refractivity contribution in [3.8, 4) is 0 Å². The highest BCUT2D eigenvalue weighted by Gasteiger charge is 2.35. The highest BCUT2D eigenvalue weighted by molar-refractivity contribution is 5.82. The summed E-state index contributed by atoms with van der Waals surface area (Å²) in [7, 11) is 0. The topological polar surface area (TPSA) is 68.3 Å². The molecule has 2 unspecified atom stereocenters. The summed E-state index contributed by atoms with van der Waals surface area (Å²) in [5.41, 5.74) is 7.04. The molecule has 0 fully saturated rings. The summed E-state index contributed by atoms with van der Waals surface area (Å²) >= 11 is 0. The first kappa shape index (κ1) is 14.9. The highest BCUT2D eigenvalue weighted by Crippen LogP contribution is 2.41. The Balaban J connectivity index is 2.18. The molecule has 0 spiro atoms. The van der Waals surface area contributed by atoms with Crippen molar-refractivity contribution in [1.82, 2.24) is 5.32 Å². The van der Waals surface area contributed by atoms with Gasteiger partial charge in [-0.05, 0) is 31.2 Å². The third-order valence-electron chi connectivity index (χ3n) is 3.81. The predicted molar refractivity (Wildman–Crippen MR) is 79.2 cm³/mol. The van der Waals surface area contributed by atoms with Crippen LogP contribution >= 0.6 is 0 Å². The number of carbonyl (C=O) groups is 1. The molecule has 1 aliphatic rings. The van der Waals surface area contributed by atoms with Gasteiger partial charge in [-0.25, -0.2) is 0 Å². The van der Waals surface area contributed by atoms with Gasteiger partial charge in [0.25, 0.3) is 0 Å². The minimum Gasteiger partial charge on any atom is -0.466 e. The molecule has 1 heterocycles. The fraction of sp³-hybridized carbons (Fsp3) is 0.562. The smallest absolute Gasteiger partial charge is 0.237 e. The second-order valence-corrected chi connectivity index (χ2v) is 6.47. The number of aryl methyl sites for hydroxylation is 1. The molecule has 2 rings (SSSR count). The maximum Gasteiger partial charge on any atom is 0.237 e. The fourth-order valence-electron chi connectivity index (χ4n) is 2.88. The first-order valence-electron chi connectivity index (χ1n) is 7.08. The van der Waals surface area contributed by atoms with Gasteiger partial charge in [-0.1, -0.05) is 19.9 Å². The van der Waals surface area contributed by atoms with Crippen LogP contribution in [0.5, 0.6) is 0 Å². The second kappa shape index (κ2) is 5.44. The van der Waals surface area contributed by atoms with Crippen LogP contribution in [0, 0.1) is 12.3 Å². The SMILES string of the molecule is C=CCC(N)C(=O)NC1CC(C)(C)Cc2oc(C)cc21. The average molecular weight is 276 g/mol. The zero-order chi connectivity index (χ0) is 14.9. The van der Waals surface area contributed by atoms with E-state index in [1.54, 1.807) is 6.08 Å². The predicted octanol–water partition coefficient (Wildman–Crippen LogP) is 2.62. The molecule has 20 heavy (non-hydrogen) atoms. The van der Waals surface area contributed by atoms with Gasteiger partial charge in [-0.2, -0.15) is 0 Å². The summed E-state index contributed by atoms with van der Waals surface area (Å²) < 4.78 is 5.76. The highest BCUT2D eigenvalue weighted by atomic mass is 16.3. The number of amides is 1. The van der Waals surface area contributed by atoms with Gasteiger partial charge in [0.15, 0.2) is 0 Å². The van der Waals surface area contributed by atoms with E-state index in [1.165, 1.54) is 0 Å². The van der Waals surface area contributed by atoms with E-state index >= 15 is 0 Å². The molecule has 1 amide bonds. The summed E-state index contributed by atoms with van der Waals surface area (Å²) in [5.74, 6) is 1.75. The van der Waals surface area contributed by atoms with Crippen LogP contribution in [0.3, 0.4) is 0 Å². The molecule has 110 valence electrons. The quantitative estimate of drug-likeness (QED) is 0.831. The Kier molecular flexibility index (Phi) is 4.04. The normalized spacial score (nSPS) is 21.9. The first-order valence-corrected chi connectivity index (χ1v) is 7.08. The second-order valence-electron chi connectivity index (χ2n) is 6.47. The van der Waals surface area contributed by atoms with Crippen molar-refractivity contribution >= 4 is 5.91 Å². The lowest BCUT2D eigenvalue weighted by Gasteiger charge is -2.35. The molecule has 0 bridgehead atoms. The molecule has 1 aromatic heterocycles. The van der Waals surface area contributed by atoms with Crippen LogP contribution in [0.1, 0.15) is 49.8 Å². The van der Waals surface area contributed by atoms with E-state index in [0.717, 1.165) is 29.9 Å². The molecule has 1 aromatic rings. The lowest BCUT2D eigenvalue weighted by atomic mass is 9.74. The van der Waals surface area contributed by atoms with E-state index in [2.05, 4.69) is 25.7 Å². The van der Waals surface area contributed by atoms with Crippen LogP contribution in [-0.2, 0) is 11.2 Å². The zero-order valence-electron chi connectivity index (χ0n) is 12.5. The molecule has 3 N–H and O–H groups in total. The average Bonchev–Trinajstić information content (AvgIpc) is 2.68. The van der Waals surface area contributed by atoms with Gasteiger partial charge in [0, 0.05) is 12.0 Å². The minimum absolute atomic E-state index is 0.0189. The molecular formula is C16H24N2O2. The minimum atomic E-state index is -0.533. The molecule has 1 aliphatic carbocycles. The molecular weight excluding hydrogens is 252 g/mol. The number of fused-ring (bicyclic) bond motifs is 1. The number of hydrogen-bond donors (Lipinski definition) is 2. The lowest BCUT2D eigenvalue weighted by molar-refractivity contribution is -0.123. The number of hydrogen-bond acceptors (Lipinski definition) is 3. The van der Waals surface area contributed by atoms with E-state index in [-0.39, 0.29) is 17.4 Å². The number of carbonyl (C=O) groups excluding carboxylic acids is 1. The van der Waals surface area contributed by atoms with E-state index < -0.39 is 6.04 Å². The van der Waals surface area contributed by atoms with Gasteiger partial charge in [-0.3, -0.25) is 4.79 Å². The summed E-state index contributed by atoms with van der Waals surface area (Å²) in [6.07, 6.45) is 3.95. The van der Waals surface area contributed by atoms with Crippen LogP contribution in [0.2, 0.25) is 0 Å². The Bertz CT molecular complexity index is 517. The van der Waals surface area contributed by atoms with Gasteiger partial charge in [-0.15, -0.1) is 6.58 Å². The van der Waals surface area contributed by atoms with E-state index in [1.807, 2.05) is 13.0 Å². The third kappa shape index (κ3) is 3.12. The number of furan rings is 1. The van der Waals surface area contributed by atoms with E-state index in [4.69, 9.17) is 10.2 Å². The Morgan fingerprint density at radius 3 is 3.05 bits per heavy atom. The van der Waals surface area contributed by atoms with Crippen molar-refractivity contribution in [3.63, 3.8) is 0 Å². The fourth-order valence-corrected chi connectivity index (χ4v) is 2.88. The molecule has 4 heteroatoms. The molecule has 0 saturated carbocycles. The molecule has 0 saturated heterocycles. The van der Waals surface area contributed by atoms with Gasteiger partial charge in [0.2, 0.25) is 5.91 Å². The van der Waals surface area contributed by atoms with E-state index in [0.29, 0.717) is 6.42 Å². The standard InChI is InChI=1S/C16H24N2O2/c1-5-6-12(17)15(19)18-13-8-16(3,4)9-14-11(13)7-10(2)20-14/h5,7,12-13H,1,6,8-9,17H2,2-4H3,(H,18,19). The maximum atomic E-state index is 12.1. The van der Waals surface area contributed by atoms with Crippen LogP contribution < -0.4 is 11.1 Å². The van der Waals surface area contributed by atoms with Gasteiger partial charge in [0.05, 0.1) is 12.1 Å². The maximum absolute atomic E-state index is 12.1. The summed E-state index contributed by atoms with van der Waals surface area (Å²) in [5, 5.41) is 3.06. The third-order valence-corrected chi connectivity index (χ3v) is 3.81. The van der Waals surface area contributed by atoms with E-state index in [9.17, 15) is 4.79 Å². The zero-order valence-corrected chi connectivity index (χ0v) is 12.5.